The van der Waals surface area contributed by atoms with Crippen LogP contribution in [0.15, 0.2) is 33.8 Å². The van der Waals surface area contributed by atoms with Crippen LogP contribution in [0.3, 0.4) is 0 Å². The van der Waals surface area contributed by atoms with Crippen LogP contribution < -0.4 is 10.6 Å². The minimum Gasteiger partial charge on any atom is -0.356 e. The van der Waals surface area contributed by atoms with E-state index in [9.17, 15) is 0 Å². The van der Waals surface area contributed by atoms with E-state index in [4.69, 9.17) is 16.1 Å². The number of halogens is 1. The molecule has 0 amide bonds. The van der Waals surface area contributed by atoms with Crippen molar-refractivity contribution in [1.82, 2.24) is 20.8 Å². The number of nitrogens with zero attached hydrogens (tertiary/aromatic N) is 3. The Kier molecular flexibility index (Phi) is 5.77. The van der Waals surface area contributed by atoms with E-state index in [1.165, 1.54) is 0 Å². The zero-order valence-electron chi connectivity index (χ0n) is 12.9. The van der Waals surface area contributed by atoms with Crippen molar-refractivity contribution in [3.63, 3.8) is 0 Å². The average molecular weight is 322 g/mol. The Balaban J connectivity index is 1.88. The Morgan fingerprint density at radius 1 is 1.32 bits per heavy atom. The largest absolute Gasteiger partial charge is 0.356 e. The maximum Gasteiger partial charge on any atom is 0.228 e. The molecule has 0 spiro atoms. The summed E-state index contributed by atoms with van der Waals surface area (Å²) in [5.41, 5.74) is 0.879. The molecule has 22 heavy (non-hydrogen) atoms. The predicted molar refractivity (Wildman–Crippen MR) is 88.1 cm³/mol. The van der Waals surface area contributed by atoms with Crippen molar-refractivity contribution in [3.05, 3.63) is 35.2 Å². The smallest absolute Gasteiger partial charge is 0.228 e. The van der Waals surface area contributed by atoms with Crippen LogP contribution in [0.2, 0.25) is 5.02 Å². The van der Waals surface area contributed by atoms with Crippen molar-refractivity contribution in [3.8, 4) is 11.4 Å². The highest BCUT2D eigenvalue weighted by Crippen LogP contribution is 2.18. The molecule has 0 saturated carbocycles. The molecular weight excluding hydrogens is 302 g/mol. The minimum absolute atomic E-state index is 0.325. The summed E-state index contributed by atoms with van der Waals surface area (Å²) in [6, 6.07) is 7.66. The lowest BCUT2D eigenvalue weighted by Gasteiger charge is -2.13. The molecule has 2 rings (SSSR count). The molecule has 0 aliphatic rings. The van der Waals surface area contributed by atoms with Crippen molar-refractivity contribution in [2.45, 2.75) is 26.3 Å². The first-order valence-corrected chi connectivity index (χ1v) is 7.52. The van der Waals surface area contributed by atoms with Crippen LogP contribution in [-0.4, -0.2) is 35.7 Å². The summed E-state index contributed by atoms with van der Waals surface area (Å²) in [5.74, 6) is 1.90. The molecule has 0 bridgehead atoms. The van der Waals surface area contributed by atoms with Gasteiger partial charge in [-0.25, -0.2) is 0 Å². The van der Waals surface area contributed by atoms with Gasteiger partial charge in [-0.2, -0.15) is 4.98 Å². The normalized spacial score (nSPS) is 11.8. The molecule has 2 N–H and O–H groups in total. The van der Waals surface area contributed by atoms with Crippen LogP contribution in [0, 0.1) is 0 Å². The third-order valence-corrected chi connectivity index (χ3v) is 3.10. The average Bonchev–Trinajstić information content (AvgIpc) is 2.95. The summed E-state index contributed by atoms with van der Waals surface area (Å²) in [6.45, 7) is 4.78. The summed E-state index contributed by atoms with van der Waals surface area (Å²) >= 11 is 5.86. The van der Waals surface area contributed by atoms with Crippen molar-refractivity contribution in [2.24, 2.45) is 4.99 Å². The van der Waals surface area contributed by atoms with E-state index in [1.807, 2.05) is 12.1 Å². The molecule has 118 valence electrons. The highest BCUT2D eigenvalue weighted by Gasteiger charge is 2.08. The highest BCUT2D eigenvalue weighted by atomic mass is 35.5. The molecule has 6 nitrogen and oxygen atoms in total. The van der Waals surface area contributed by atoms with Gasteiger partial charge in [0.05, 0.1) is 0 Å². The van der Waals surface area contributed by atoms with Gasteiger partial charge in [0.15, 0.2) is 5.96 Å². The summed E-state index contributed by atoms with van der Waals surface area (Å²) < 4.78 is 5.25. The summed E-state index contributed by atoms with van der Waals surface area (Å²) in [6.07, 6.45) is 0.624. The second kappa shape index (κ2) is 7.79. The molecule has 1 aromatic carbocycles. The van der Waals surface area contributed by atoms with Gasteiger partial charge in [0.25, 0.3) is 0 Å². The van der Waals surface area contributed by atoms with E-state index in [-0.39, 0.29) is 0 Å². The summed E-state index contributed by atoms with van der Waals surface area (Å²) in [5, 5.41) is 11.1. The number of rotatable bonds is 5. The van der Waals surface area contributed by atoms with E-state index in [1.54, 1.807) is 19.2 Å². The lowest BCUT2D eigenvalue weighted by atomic mass is 10.2. The number of aromatic nitrogens is 2. The standard InChI is InChI=1S/C15H20ClN5O/c1-10(2)19-15(17-3)18-9-8-13-20-14(21-22-13)11-4-6-12(16)7-5-11/h4-7,10H,8-9H2,1-3H3,(H2,17,18,19). The first-order valence-electron chi connectivity index (χ1n) is 7.14. The van der Waals surface area contributed by atoms with Crippen molar-refractivity contribution in [2.75, 3.05) is 13.6 Å². The van der Waals surface area contributed by atoms with Gasteiger partial charge in [-0.1, -0.05) is 16.8 Å². The molecule has 0 atom stereocenters. The Hall–Kier alpha value is -2.08. The van der Waals surface area contributed by atoms with E-state index in [0.717, 1.165) is 11.5 Å². The fraction of sp³-hybridized carbons (Fsp3) is 0.400. The maximum atomic E-state index is 5.86. The number of guanidine groups is 1. The summed E-state index contributed by atoms with van der Waals surface area (Å²) in [4.78, 5) is 8.51. The maximum absolute atomic E-state index is 5.86. The predicted octanol–water partition coefficient (Wildman–Crippen LogP) is 2.51. The van der Waals surface area contributed by atoms with E-state index in [2.05, 4.69) is 39.6 Å². The number of hydrogen-bond donors (Lipinski definition) is 2. The van der Waals surface area contributed by atoms with Crippen LogP contribution in [0.4, 0.5) is 0 Å². The van der Waals surface area contributed by atoms with Gasteiger partial charge in [0.2, 0.25) is 11.7 Å². The number of aliphatic imine (C=N–C) groups is 1. The van der Waals surface area contributed by atoms with Crippen molar-refractivity contribution < 1.29 is 4.52 Å². The Bertz CT molecular complexity index is 621. The molecule has 0 aliphatic heterocycles. The second-order valence-electron chi connectivity index (χ2n) is 5.07. The molecule has 0 fully saturated rings. The zero-order valence-corrected chi connectivity index (χ0v) is 13.7. The fourth-order valence-electron chi connectivity index (χ4n) is 1.83. The molecule has 7 heteroatoms. The third kappa shape index (κ3) is 4.73. The monoisotopic (exact) mass is 321 g/mol. The fourth-order valence-corrected chi connectivity index (χ4v) is 1.95. The molecule has 0 unspecified atom stereocenters. The summed E-state index contributed by atoms with van der Waals surface area (Å²) in [7, 11) is 1.74. The Morgan fingerprint density at radius 3 is 2.68 bits per heavy atom. The number of benzene rings is 1. The molecule has 0 radical (unpaired) electrons. The molecule has 0 saturated heterocycles. The van der Waals surface area contributed by atoms with Gasteiger partial charge in [0, 0.05) is 36.6 Å². The lowest BCUT2D eigenvalue weighted by molar-refractivity contribution is 0.378. The van der Waals surface area contributed by atoms with Crippen LogP contribution in [0.25, 0.3) is 11.4 Å². The topological polar surface area (TPSA) is 75.3 Å². The van der Waals surface area contributed by atoms with Gasteiger partial charge < -0.3 is 15.2 Å². The zero-order chi connectivity index (χ0) is 15.9. The van der Waals surface area contributed by atoms with Crippen LogP contribution in [-0.2, 0) is 6.42 Å². The molecular formula is C15H20ClN5O. The van der Waals surface area contributed by atoms with Gasteiger partial charge >= 0.3 is 0 Å². The van der Waals surface area contributed by atoms with Gasteiger partial charge in [-0.15, -0.1) is 0 Å². The van der Waals surface area contributed by atoms with E-state index >= 15 is 0 Å². The number of hydrogen-bond acceptors (Lipinski definition) is 4. The van der Waals surface area contributed by atoms with E-state index < -0.39 is 0 Å². The second-order valence-corrected chi connectivity index (χ2v) is 5.50. The SMILES string of the molecule is CN=C(NCCc1nc(-c2ccc(Cl)cc2)no1)NC(C)C. The van der Waals surface area contributed by atoms with Crippen LogP contribution in [0.5, 0.6) is 0 Å². The Morgan fingerprint density at radius 2 is 2.05 bits per heavy atom. The van der Waals surface area contributed by atoms with E-state index in [0.29, 0.717) is 35.7 Å². The quantitative estimate of drug-likeness (QED) is 0.653. The van der Waals surface area contributed by atoms with Crippen LogP contribution >= 0.6 is 11.6 Å². The lowest BCUT2D eigenvalue weighted by Crippen LogP contribution is -2.41. The van der Waals surface area contributed by atoms with Crippen molar-refractivity contribution in [1.29, 1.82) is 0 Å². The molecule has 0 aliphatic carbocycles. The first-order chi connectivity index (χ1) is 10.6. The molecule has 1 aromatic heterocycles. The highest BCUT2D eigenvalue weighted by molar-refractivity contribution is 6.30. The van der Waals surface area contributed by atoms with Crippen LogP contribution in [0.1, 0.15) is 19.7 Å². The Labute approximate surface area is 135 Å². The third-order valence-electron chi connectivity index (χ3n) is 2.85. The van der Waals surface area contributed by atoms with Gasteiger partial charge in [-0.05, 0) is 38.1 Å². The minimum atomic E-state index is 0.325. The molecule has 1 heterocycles. The number of nitrogens with one attached hydrogen (secondary N) is 2. The van der Waals surface area contributed by atoms with Gasteiger partial charge in [0.1, 0.15) is 0 Å². The molecule has 2 aromatic rings. The van der Waals surface area contributed by atoms with Crippen molar-refractivity contribution >= 4 is 17.6 Å². The van der Waals surface area contributed by atoms with Gasteiger partial charge in [-0.3, -0.25) is 4.99 Å². The first kappa shape index (κ1) is 16.3.